The second-order valence-corrected chi connectivity index (χ2v) is 14.3. The lowest BCUT2D eigenvalue weighted by molar-refractivity contribution is 0.101. The normalized spacial score (nSPS) is 14.0. The third kappa shape index (κ3) is 9.28. The smallest absolute Gasteiger partial charge is 0.259 e. The molecule has 0 aromatic heterocycles. The number of methoxy groups -OCH3 is 2. The van der Waals surface area contributed by atoms with Crippen LogP contribution in [-0.2, 0) is 38.8 Å². The number of amides is 2. The van der Waals surface area contributed by atoms with E-state index < -0.39 is 0 Å². The van der Waals surface area contributed by atoms with Crippen LogP contribution in [0.2, 0.25) is 10.0 Å². The number of ether oxygens (including phenoxy) is 2. The van der Waals surface area contributed by atoms with Crippen LogP contribution in [0.5, 0.6) is 11.5 Å². The highest BCUT2D eigenvalue weighted by Crippen LogP contribution is 2.32. The largest absolute Gasteiger partial charge is 0.496 e. The van der Waals surface area contributed by atoms with E-state index in [9.17, 15) is 9.59 Å². The first-order chi connectivity index (χ1) is 25.1. The van der Waals surface area contributed by atoms with Gasteiger partial charge in [-0.05, 0) is 116 Å². The average Bonchev–Trinajstić information content (AvgIpc) is 3.14. The van der Waals surface area contributed by atoms with Gasteiger partial charge >= 0.3 is 0 Å². The lowest BCUT2D eigenvalue weighted by atomic mass is 9.97. The number of hydrogen-bond donors (Lipinski definition) is 2. The lowest BCUT2D eigenvalue weighted by Gasteiger charge is -2.26. The maximum absolute atomic E-state index is 13.0. The Hall–Kier alpha value is -4.08. The summed E-state index contributed by atoms with van der Waals surface area (Å²) < 4.78 is 10.9. The van der Waals surface area contributed by atoms with Crippen LogP contribution >= 0.6 is 23.2 Å². The molecular formula is C42H50Cl2N4O4. The predicted molar refractivity (Wildman–Crippen MR) is 213 cm³/mol. The monoisotopic (exact) mass is 744 g/mol. The summed E-state index contributed by atoms with van der Waals surface area (Å²) in [5.74, 6) is 0.715. The number of halogens is 2. The van der Waals surface area contributed by atoms with Crippen molar-refractivity contribution in [2.75, 3.05) is 52.0 Å². The van der Waals surface area contributed by atoms with Crippen LogP contribution in [0, 0.1) is 0 Å². The van der Waals surface area contributed by atoms with Crippen molar-refractivity contribution in [2.24, 2.45) is 0 Å². The highest BCUT2D eigenvalue weighted by atomic mass is 35.5. The van der Waals surface area contributed by atoms with Crippen molar-refractivity contribution in [3.05, 3.63) is 115 Å². The van der Waals surface area contributed by atoms with Crippen molar-refractivity contribution < 1.29 is 19.1 Å². The fourth-order valence-electron chi connectivity index (χ4n) is 6.83. The van der Waals surface area contributed by atoms with Crippen LogP contribution in [0.4, 0.5) is 11.4 Å². The molecule has 0 unspecified atom stereocenters. The topological polar surface area (TPSA) is 83.1 Å². The molecule has 2 amide bonds. The molecule has 8 nitrogen and oxygen atoms in total. The number of likely N-dealkylation sites (N-methyl/N-ethyl adjacent to an activating group) is 2. The molecule has 2 aliphatic rings. The van der Waals surface area contributed by atoms with E-state index in [-0.39, 0.29) is 11.8 Å². The van der Waals surface area contributed by atoms with Crippen molar-refractivity contribution in [3.8, 4) is 11.5 Å². The molecule has 2 aliphatic heterocycles. The number of anilines is 2. The summed E-state index contributed by atoms with van der Waals surface area (Å²) in [6.45, 7) is 7.94. The molecule has 0 bridgehead atoms. The molecular weight excluding hydrogens is 695 g/mol. The number of carbonyl (C=O) groups excluding carboxylic acids is 2. The van der Waals surface area contributed by atoms with Crippen molar-refractivity contribution in [1.29, 1.82) is 0 Å². The van der Waals surface area contributed by atoms with Gasteiger partial charge in [0.15, 0.2) is 0 Å². The fourth-order valence-corrected chi connectivity index (χ4v) is 7.38. The zero-order valence-corrected chi connectivity index (χ0v) is 32.6. The molecule has 0 radical (unpaired) electrons. The van der Waals surface area contributed by atoms with E-state index in [1.54, 1.807) is 26.4 Å². The molecule has 0 atom stereocenters. The molecule has 276 valence electrons. The third-order valence-electron chi connectivity index (χ3n) is 9.82. The van der Waals surface area contributed by atoms with Gasteiger partial charge in [-0.15, -0.1) is 0 Å². The Labute approximate surface area is 318 Å². The summed E-state index contributed by atoms with van der Waals surface area (Å²) in [6.07, 6.45) is 5.67. The molecule has 2 heterocycles. The molecule has 10 heteroatoms. The Bertz CT molecular complexity index is 1910. The maximum Gasteiger partial charge on any atom is 0.259 e. The van der Waals surface area contributed by atoms with E-state index in [1.807, 2.05) is 43.3 Å². The zero-order chi connectivity index (χ0) is 37.4. The van der Waals surface area contributed by atoms with Gasteiger partial charge < -0.3 is 29.9 Å². The molecule has 0 spiro atoms. The number of nitrogens with one attached hydrogen (secondary N) is 2. The number of aryl methyl sites for hydroxylation is 2. The van der Waals surface area contributed by atoms with Gasteiger partial charge in [0.05, 0.1) is 25.3 Å². The quantitative estimate of drug-likeness (QED) is 0.169. The highest BCUT2D eigenvalue weighted by Gasteiger charge is 2.22. The van der Waals surface area contributed by atoms with Gasteiger partial charge in [0.25, 0.3) is 11.8 Å². The lowest BCUT2D eigenvalue weighted by Crippen LogP contribution is -2.27. The predicted octanol–water partition coefficient (Wildman–Crippen LogP) is 9.08. The number of benzene rings is 4. The molecule has 0 saturated carbocycles. The molecule has 6 rings (SSSR count). The second kappa shape index (κ2) is 18.1. The highest BCUT2D eigenvalue weighted by molar-refractivity contribution is 6.32. The number of nitrogens with zero attached hydrogens (tertiary/aromatic N) is 2. The summed E-state index contributed by atoms with van der Waals surface area (Å²) >= 11 is 12.7. The minimum Gasteiger partial charge on any atom is -0.496 e. The van der Waals surface area contributed by atoms with E-state index >= 15 is 0 Å². The Morgan fingerprint density at radius 1 is 0.712 bits per heavy atom. The standard InChI is InChI=1S/C22H27ClN2O2.C20H23ClN2O2/c1-4-5-7-15-12-21(27-3)18(13-19(15)23)22(26)24-20-9-6-8-16-14-25(2)11-10-17(16)20;1-4-13-10-19(25-3)16(11-17(13)21)20(24)22-18-7-5-6-14-12-23(2)9-8-15(14)18/h6,8-9,12-13H,4-5,7,10-11,14H2,1-3H3,(H,24,26);5-7,10-11H,4,8-9,12H2,1-3H3,(H,22,24). The summed E-state index contributed by atoms with van der Waals surface area (Å²) in [7, 11) is 7.38. The first kappa shape index (κ1) is 39.1. The van der Waals surface area contributed by atoms with Crippen LogP contribution in [-0.4, -0.2) is 63.0 Å². The number of fused-ring (bicyclic) bond motifs is 2. The molecule has 52 heavy (non-hydrogen) atoms. The second-order valence-electron chi connectivity index (χ2n) is 13.5. The van der Waals surface area contributed by atoms with Gasteiger partial charge in [-0.2, -0.15) is 0 Å². The van der Waals surface area contributed by atoms with Gasteiger partial charge in [-0.1, -0.05) is 67.7 Å². The van der Waals surface area contributed by atoms with Gasteiger partial charge in [0, 0.05) is 47.6 Å². The zero-order valence-electron chi connectivity index (χ0n) is 31.1. The average molecular weight is 746 g/mol. The Kier molecular flexibility index (Phi) is 13.6. The van der Waals surface area contributed by atoms with Crippen LogP contribution in [0.1, 0.15) is 80.8 Å². The van der Waals surface area contributed by atoms with Crippen LogP contribution in [0.3, 0.4) is 0 Å². The number of hydrogen-bond acceptors (Lipinski definition) is 6. The molecule has 4 aromatic carbocycles. The van der Waals surface area contributed by atoms with Gasteiger partial charge in [0.2, 0.25) is 0 Å². The molecule has 0 fully saturated rings. The van der Waals surface area contributed by atoms with Gasteiger partial charge in [0.1, 0.15) is 11.5 Å². The van der Waals surface area contributed by atoms with E-state index in [0.717, 1.165) is 87.2 Å². The molecule has 4 aromatic rings. The number of rotatable bonds is 10. The van der Waals surface area contributed by atoms with Crippen LogP contribution < -0.4 is 20.1 Å². The Morgan fingerprint density at radius 3 is 1.62 bits per heavy atom. The van der Waals surface area contributed by atoms with Crippen LogP contribution in [0.15, 0.2) is 60.7 Å². The van der Waals surface area contributed by atoms with E-state index in [2.05, 4.69) is 53.6 Å². The van der Waals surface area contributed by atoms with E-state index in [4.69, 9.17) is 32.7 Å². The summed E-state index contributed by atoms with van der Waals surface area (Å²) in [5, 5.41) is 7.32. The minimum absolute atomic E-state index is 0.192. The van der Waals surface area contributed by atoms with Crippen molar-refractivity contribution in [3.63, 3.8) is 0 Å². The number of carbonyl (C=O) groups is 2. The molecule has 0 aliphatic carbocycles. The fraction of sp³-hybridized carbons (Fsp3) is 0.381. The van der Waals surface area contributed by atoms with Crippen molar-refractivity contribution in [2.45, 2.75) is 65.5 Å². The Morgan fingerprint density at radius 2 is 1.17 bits per heavy atom. The summed E-state index contributed by atoms with van der Waals surface area (Å²) in [6, 6.07) is 19.3. The van der Waals surface area contributed by atoms with E-state index in [0.29, 0.717) is 32.7 Å². The Balaban J connectivity index is 0.000000202. The van der Waals surface area contributed by atoms with Gasteiger partial charge in [-0.3, -0.25) is 9.59 Å². The van der Waals surface area contributed by atoms with Crippen molar-refractivity contribution in [1.82, 2.24) is 9.80 Å². The molecule has 0 saturated heterocycles. The first-order valence-corrected chi connectivity index (χ1v) is 18.8. The number of unbranched alkanes of at least 4 members (excludes halogenated alkanes) is 1. The van der Waals surface area contributed by atoms with Crippen molar-refractivity contribution >= 4 is 46.4 Å². The first-order valence-electron chi connectivity index (χ1n) is 18.0. The SMILES string of the molecule is CCCCc1cc(OC)c(C(=O)Nc2cccc3c2CCN(C)C3)cc1Cl.CCc1cc(OC)c(C(=O)Nc2cccc3c2CCN(C)C3)cc1Cl. The molecule has 2 N–H and O–H groups in total. The summed E-state index contributed by atoms with van der Waals surface area (Å²) in [5.41, 5.74) is 9.61. The van der Waals surface area contributed by atoms with Gasteiger partial charge in [-0.25, -0.2) is 0 Å². The maximum atomic E-state index is 13.0. The third-order valence-corrected chi connectivity index (χ3v) is 10.5. The summed E-state index contributed by atoms with van der Waals surface area (Å²) in [4.78, 5) is 30.4. The van der Waals surface area contributed by atoms with E-state index in [1.165, 1.54) is 22.3 Å². The minimum atomic E-state index is -0.200. The van der Waals surface area contributed by atoms with Crippen LogP contribution in [0.25, 0.3) is 0 Å².